The van der Waals surface area contributed by atoms with E-state index < -0.39 is 16.8 Å². The number of rotatable bonds is 4. The molecule has 0 spiro atoms. The summed E-state index contributed by atoms with van der Waals surface area (Å²) in [5.74, 6) is 0.491. The van der Waals surface area contributed by atoms with Gasteiger partial charge in [-0.2, -0.15) is 0 Å². The van der Waals surface area contributed by atoms with Gasteiger partial charge in [-0.3, -0.25) is 4.21 Å². The summed E-state index contributed by atoms with van der Waals surface area (Å²) in [6, 6.07) is 5.34. The first-order valence-electron chi connectivity index (χ1n) is 5.93. The molecular formula is C12H16N2O3S. The van der Waals surface area contributed by atoms with Crippen molar-refractivity contribution in [2.75, 3.05) is 11.5 Å². The molecule has 1 aromatic rings. The summed E-state index contributed by atoms with van der Waals surface area (Å²) in [6.07, 6.45) is 1.82. The van der Waals surface area contributed by atoms with Crippen molar-refractivity contribution in [1.29, 1.82) is 0 Å². The van der Waals surface area contributed by atoms with Crippen LogP contribution in [0, 0.1) is 0 Å². The minimum atomic E-state index is -1.01. The van der Waals surface area contributed by atoms with Crippen LogP contribution in [-0.2, 0) is 17.3 Å². The van der Waals surface area contributed by atoms with Crippen LogP contribution < -0.4 is 5.32 Å². The molecule has 0 aromatic carbocycles. The maximum Gasteiger partial charge on any atom is 0.354 e. The summed E-state index contributed by atoms with van der Waals surface area (Å²) in [5, 5.41) is 12.2. The zero-order valence-corrected chi connectivity index (χ0v) is 10.8. The van der Waals surface area contributed by atoms with Crippen molar-refractivity contribution in [3.63, 3.8) is 0 Å². The molecule has 0 atom stereocenters. The second-order valence-corrected chi connectivity index (χ2v) is 6.02. The summed E-state index contributed by atoms with van der Waals surface area (Å²) in [4.78, 5) is 14.8. The molecule has 0 aliphatic carbocycles. The van der Waals surface area contributed by atoms with Crippen molar-refractivity contribution in [2.24, 2.45) is 0 Å². The summed E-state index contributed by atoms with van der Waals surface area (Å²) in [5.41, 5.74) is 0.792. The number of carboxylic acid groups (broad SMARTS) is 1. The number of hydrogen-bond acceptors (Lipinski definition) is 4. The van der Waals surface area contributed by atoms with Gasteiger partial charge in [-0.15, -0.1) is 0 Å². The minimum absolute atomic E-state index is 0.0686. The number of aromatic nitrogens is 1. The zero-order valence-electron chi connectivity index (χ0n) is 9.96. The highest BCUT2D eigenvalue weighted by Crippen LogP contribution is 2.10. The Bertz CT molecular complexity index is 454. The van der Waals surface area contributed by atoms with E-state index in [0.717, 1.165) is 30.0 Å². The number of pyridine rings is 1. The molecule has 5 nitrogen and oxygen atoms in total. The topological polar surface area (TPSA) is 79.3 Å². The molecule has 0 unspecified atom stereocenters. The van der Waals surface area contributed by atoms with E-state index in [0.29, 0.717) is 12.6 Å². The van der Waals surface area contributed by atoms with E-state index in [1.165, 1.54) is 6.07 Å². The smallest absolute Gasteiger partial charge is 0.354 e. The van der Waals surface area contributed by atoms with E-state index in [9.17, 15) is 9.00 Å². The maximum absolute atomic E-state index is 11.2. The molecule has 0 saturated carbocycles. The molecule has 0 bridgehead atoms. The zero-order chi connectivity index (χ0) is 13.0. The average Bonchev–Trinajstić information content (AvgIpc) is 2.38. The van der Waals surface area contributed by atoms with Gasteiger partial charge in [0.25, 0.3) is 0 Å². The van der Waals surface area contributed by atoms with Gasteiger partial charge < -0.3 is 10.4 Å². The minimum Gasteiger partial charge on any atom is -0.477 e. The Morgan fingerprint density at radius 2 is 2.17 bits per heavy atom. The summed E-state index contributed by atoms with van der Waals surface area (Å²) >= 11 is 0. The first kappa shape index (κ1) is 13.2. The molecule has 1 saturated heterocycles. The van der Waals surface area contributed by atoms with Gasteiger partial charge in [0.05, 0.1) is 5.69 Å². The molecule has 98 valence electrons. The molecule has 0 radical (unpaired) electrons. The van der Waals surface area contributed by atoms with Gasteiger partial charge in [0, 0.05) is 34.9 Å². The van der Waals surface area contributed by atoms with Gasteiger partial charge in [0.1, 0.15) is 5.69 Å². The lowest BCUT2D eigenvalue weighted by Crippen LogP contribution is -2.35. The van der Waals surface area contributed by atoms with Gasteiger partial charge >= 0.3 is 5.97 Å². The lowest BCUT2D eigenvalue weighted by molar-refractivity contribution is 0.0690. The average molecular weight is 268 g/mol. The Kier molecular flexibility index (Phi) is 4.43. The summed E-state index contributed by atoms with van der Waals surface area (Å²) in [6.45, 7) is 0.554. The first-order chi connectivity index (χ1) is 8.65. The molecule has 18 heavy (non-hydrogen) atoms. The second kappa shape index (κ2) is 6.06. The fraction of sp³-hybridized carbons (Fsp3) is 0.500. The van der Waals surface area contributed by atoms with Crippen LogP contribution in [0.2, 0.25) is 0 Å². The van der Waals surface area contributed by atoms with Crippen LogP contribution in [0.4, 0.5) is 0 Å². The Morgan fingerprint density at radius 1 is 1.44 bits per heavy atom. The Labute approximate surface area is 108 Å². The van der Waals surface area contributed by atoms with E-state index in [-0.39, 0.29) is 5.69 Å². The first-order valence-corrected chi connectivity index (χ1v) is 7.41. The van der Waals surface area contributed by atoms with Crippen LogP contribution in [0.5, 0.6) is 0 Å². The molecule has 2 rings (SSSR count). The highest BCUT2D eigenvalue weighted by molar-refractivity contribution is 7.85. The van der Waals surface area contributed by atoms with Crippen LogP contribution in [0.25, 0.3) is 0 Å². The van der Waals surface area contributed by atoms with Crippen LogP contribution in [0.15, 0.2) is 18.2 Å². The molecule has 2 heterocycles. The molecule has 6 heteroatoms. The van der Waals surface area contributed by atoms with Crippen molar-refractivity contribution in [3.8, 4) is 0 Å². The number of nitrogens with one attached hydrogen (secondary N) is 1. The van der Waals surface area contributed by atoms with Crippen LogP contribution >= 0.6 is 0 Å². The predicted molar refractivity (Wildman–Crippen MR) is 68.9 cm³/mol. The molecular weight excluding hydrogens is 252 g/mol. The predicted octanol–water partition coefficient (Wildman–Crippen LogP) is 0.780. The van der Waals surface area contributed by atoms with E-state index in [4.69, 9.17) is 5.11 Å². The van der Waals surface area contributed by atoms with Crippen molar-refractivity contribution in [3.05, 3.63) is 29.6 Å². The fourth-order valence-corrected chi connectivity index (χ4v) is 3.24. The van der Waals surface area contributed by atoms with E-state index in [1.807, 2.05) is 0 Å². The van der Waals surface area contributed by atoms with Crippen LogP contribution in [0.1, 0.15) is 29.0 Å². The molecule has 1 aromatic heterocycles. The van der Waals surface area contributed by atoms with Crippen molar-refractivity contribution >= 4 is 16.8 Å². The molecule has 1 aliphatic rings. The highest BCUT2D eigenvalue weighted by Gasteiger charge is 2.17. The lowest BCUT2D eigenvalue weighted by Gasteiger charge is -2.22. The Hall–Kier alpha value is -1.27. The third kappa shape index (κ3) is 3.61. The number of aromatic carboxylic acids is 1. The largest absolute Gasteiger partial charge is 0.477 e. The number of carbonyl (C=O) groups is 1. The fourth-order valence-electron chi connectivity index (χ4n) is 1.94. The molecule has 0 amide bonds. The molecule has 1 aliphatic heterocycles. The molecule has 2 N–H and O–H groups in total. The highest BCUT2D eigenvalue weighted by atomic mass is 32.2. The Morgan fingerprint density at radius 3 is 2.83 bits per heavy atom. The van der Waals surface area contributed by atoms with Crippen LogP contribution in [0.3, 0.4) is 0 Å². The standard InChI is InChI=1S/C12H16N2O3S/c15-12(16)11-3-1-2-10(14-11)8-13-9-4-6-18(17)7-5-9/h1-3,9,13H,4-8H2,(H,15,16). The van der Waals surface area contributed by atoms with E-state index >= 15 is 0 Å². The van der Waals surface area contributed by atoms with Gasteiger partial charge in [0.15, 0.2) is 0 Å². The summed E-state index contributed by atoms with van der Waals surface area (Å²) < 4.78 is 11.2. The SMILES string of the molecule is O=C(O)c1cccc(CNC2CCS(=O)CC2)n1. The second-order valence-electron chi connectivity index (χ2n) is 4.32. The number of nitrogens with zero attached hydrogens (tertiary/aromatic N) is 1. The third-order valence-electron chi connectivity index (χ3n) is 2.99. The van der Waals surface area contributed by atoms with Crippen LogP contribution in [-0.4, -0.2) is 37.8 Å². The van der Waals surface area contributed by atoms with Gasteiger partial charge in [-0.05, 0) is 25.0 Å². The van der Waals surface area contributed by atoms with Crippen molar-refractivity contribution < 1.29 is 14.1 Å². The summed E-state index contributed by atoms with van der Waals surface area (Å²) in [7, 11) is -0.652. The molecule has 1 fully saturated rings. The maximum atomic E-state index is 11.2. The van der Waals surface area contributed by atoms with E-state index in [1.54, 1.807) is 12.1 Å². The normalized spacial score (nSPS) is 23.8. The van der Waals surface area contributed by atoms with Gasteiger partial charge in [-0.1, -0.05) is 6.07 Å². The third-order valence-corrected chi connectivity index (χ3v) is 4.37. The van der Waals surface area contributed by atoms with Crippen molar-refractivity contribution in [2.45, 2.75) is 25.4 Å². The van der Waals surface area contributed by atoms with Crippen molar-refractivity contribution in [1.82, 2.24) is 10.3 Å². The van der Waals surface area contributed by atoms with Gasteiger partial charge in [-0.25, -0.2) is 9.78 Å². The number of hydrogen-bond donors (Lipinski definition) is 2. The lowest BCUT2D eigenvalue weighted by atomic mass is 10.1. The number of carboxylic acids is 1. The monoisotopic (exact) mass is 268 g/mol. The Balaban J connectivity index is 1.88. The quantitative estimate of drug-likeness (QED) is 0.843. The van der Waals surface area contributed by atoms with E-state index in [2.05, 4.69) is 10.3 Å². The van der Waals surface area contributed by atoms with Gasteiger partial charge in [0.2, 0.25) is 0 Å².